The summed E-state index contributed by atoms with van der Waals surface area (Å²) in [7, 11) is 0. The van der Waals surface area contributed by atoms with E-state index < -0.39 is 0 Å². The molecule has 3 atom stereocenters. The summed E-state index contributed by atoms with van der Waals surface area (Å²) in [5.41, 5.74) is 17.0. The van der Waals surface area contributed by atoms with Crippen LogP contribution < -0.4 is 4.90 Å². The molecule has 4 aromatic rings. The minimum absolute atomic E-state index is 0.158. The Morgan fingerprint density at radius 1 is 0.847 bits per heavy atom. The zero-order chi connectivity index (χ0) is 40.5. The monoisotopic (exact) mass is 769 g/mol. The van der Waals surface area contributed by atoms with Crippen molar-refractivity contribution in [2.45, 2.75) is 71.6 Å². The van der Waals surface area contributed by atoms with Gasteiger partial charge in [0.05, 0.1) is 16.9 Å². The van der Waals surface area contributed by atoms with E-state index in [-0.39, 0.29) is 11.8 Å². The molecule has 1 aromatic heterocycles. The number of aromatic nitrogens is 1. The van der Waals surface area contributed by atoms with E-state index in [2.05, 4.69) is 189 Å². The Bertz CT molecular complexity index is 2640. The lowest BCUT2D eigenvalue weighted by Gasteiger charge is -2.39. The van der Waals surface area contributed by atoms with Crippen LogP contribution in [0, 0.1) is 11.8 Å². The van der Waals surface area contributed by atoms with Crippen LogP contribution in [-0.2, 0) is 6.42 Å². The molecule has 0 saturated heterocycles. The van der Waals surface area contributed by atoms with Gasteiger partial charge in [-0.15, -0.1) is 0 Å². The standard InChI is InChI=1S/C56H55N3/c1-6-38(2)56(57-54(48-27-17-16-20-39(48)3)45-34-32-44(33-35-45)43-23-12-8-13-24-43)59-52-29-19-18-28-49(52)51-37-50-46(36-53(51)59)31-30-40(4)55(50)58(47-25-14-9-15-26-47)41(5)42-21-10-7-11-22-42/h8-10,12-16,18-26,28-32,34-36,38,44,50H,3,5-7,11,17,27,33,37H2,1-2,4H3/b54-48-,57-56?. The molecule has 0 N–H and O–H groups in total. The molecule has 0 radical (unpaired) electrons. The fraction of sp³-hybridized carbons (Fsp3) is 0.232. The van der Waals surface area contributed by atoms with Crippen molar-refractivity contribution in [1.29, 1.82) is 0 Å². The lowest BCUT2D eigenvalue weighted by atomic mass is 9.78. The molecule has 59 heavy (non-hydrogen) atoms. The Kier molecular flexibility index (Phi) is 10.8. The van der Waals surface area contributed by atoms with Gasteiger partial charge in [0, 0.05) is 40.2 Å². The molecule has 3 aromatic carbocycles. The summed E-state index contributed by atoms with van der Waals surface area (Å²) in [4.78, 5) is 8.31. The van der Waals surface area contributed by atoms with E-state index in [1.54, 1.807) is 0 Å². The van der Waals surface area contributed by atoms with E-state index >= 15 is 0 Å². The zero-order valence-corrected chi connectivity index (χ0v) is 34.9. The average molecular weight is 770 g/mol. The maximum Gasteiger partial charge on any atom is 0.117 e. The van der Waals surface area contributed by atoms with Crippen LogP contribution in [0.5, 0.6) is 0 Å². The predicted molar refractivity (Wildman–Crippen MR) is 251 cm³/mol. The van der Waals surface area contributed by atoms with Gasteiger partial charge in [0.1, 0.15) is 5.84 Å². The number of benzene rings is 3. The van der Waals surface area contributed by atoms with Gasteiger partial charge in [-0.1, -0.05) is 154 Å². The molecule has 5 aliphatic rings. The van der Waals surface area contributed by atoms with Crippen molar-refractivity contribution < 1.29 is 0 Å². The van der Waals surface area contributed by atoms with Gasteiger partial charge in [0.2, 0.25) is 0 Å². The minimum atomic E-state index is 0.158. The van der Waals surface area contributed by atoms with Crippen LogP contribution in [0.4, 0.5) is 5.69 Å². The molecule has 294 valence electrons. The molecule has 1 heterocycles. The number of allylic oxidation sites excluding steroid dienone is 14. The summed E-state index contributed by atoms with van der Waals surface area (Å²) in [5, 5.41) is 1.30. The number of fused-ring (bicyclic) bond motifs is 4. The molecule has 0 spiro atoms. The van der Waals surface area contributed by atoms with Gasteiger partial charge in [0.15, 0.2) is 0 Å². The van der Waals surface area contributed by atoms with Crippen molar-refractivity contribution in [1.82, 2.24) is 4.57 Å². The molecule has 0 aliphatic heterocycles. The quantitative estimate of drug-likeness (QED) is 0.123. The first-order valence-corrected chi connectivity index (χ1v) is 21.7. The Balaban J connectivity index is 1.19. The molecule has 9 rings (SSSR count). The highest BCUT2D eigenvalue weighted by atomic mass is 15.2. The normalized spacial score (nSPS) is 21.4. The summed E-state index contributed by atoms with van der Waals surface area (Å²) in [5.74, 6) is 1.81. The van der Waals surface area contributed by atoms with Gasteiger partial charge < -0.3 is 4.90 Å². The maximum atomic E-state index is 5.87. The second kappa shape index (κ2) is 16.6. The maximum absolute atomic E-state index is 5.87. The number of hydrogen-bond donors (Lipinski definition) is 0. The average Bonchev–Trinajstić information content (AvgIpc) is 3.61. The van der Waals surface area contributed by atoms with E-state index in [1.165, 1.54) is 61.3 Å². The van der Waals surface area contributed by atoms with E-state index in [0.717, 1.165) is 73.4 Å². The van der Waals surface area contributed by atoms with Crippen LogP contribution in [0.3, 0.4) is 0 Å². The topological polar surface area (TPSA) is 20.5 Å². The van der Waals surface area contributed by atoms with Gasteiger partial charge in [0.25, 0.3) is 0 Å². The third-order valence-electron chi connectivity index (χ3n) is 12.9. The number of aliphatic imine (C=N–C) groups is 1. The highest BCUT2D eigenvalue weighted by Crippen LogP contribution is 2.46. The van der Waals surface area contributed by atoms with Crippen molar-refractivity contribution in [3.63, 3.8) is 0 Å². The molecule has 0 saturated carbocycles. The Hall–Kier alpha value is -6.19. The van der Waals surface area contributed by atoms with Crippen molar-refractivity contribution in [3.8, 4) is 0 Å². The first-order valence-electron chi connectivity index (χ1n) is 21.7. The minimum Gasteiger partial charge on any atom is -0.313 e. The van der Waals surface area contributed by atoms with Crippen molar-refractivity contribution in [2.75, 3.05) is 4.90 Å². The molecule has 3 nitrogen and oxygen atoms in total. The van der Waals surface area contributed by atoms with E-state index in [0.29, 0.717) is 5.92 Å². The Labute approximate surface area is 351 Å². The molecule has 3 unspecified atom stereocenters. The van der Waals surface area contributed by atoms with Crippen molar-refractivity contribution in [2.24, 2.45) is 16.8 Å². The molecule has 0 bridgehead atoms. The van der Waals surface area contributed by atoms with Crippen LogP contribution >= 0.6 is 0 Å². The fourth-order valence-corrected chi connectivity index (χ4v) is 9.54. The smallest absolute Gasteiger partial charge is 0.117 e. The van der Waals surface area contributed by atoms with Crippen molar-refractivity contribution >= 4 is 28.5 Å². The number of nitrogens with zero attached hydrogens (tertiary/aromatic N) is 3. The summed E-state index contributed by atoms with van der Waals surface area (Å²) in [6.45, 7) is 16.2. The highest BCUT2D eigenvalue weighted by Gasteiger charge is 2.36. The number of rotatable bonds is 9. The third-order valence-corrected chi connectivity index (χ3v) is 12.9. The lowest BCUT2D eigenvalue weighted by Crippen LogP contribution is -2.32. The van der Waals surface area contributed by atoms with Crippen LogP contribution in [-0.4, -0.2) is 10.4 Å². The van der Waals surface area contributed by atoms with Gasteiger partial charge in [-0.3, -0.25) is 4.57 Å². The highest BCUT2D eigenvalue weighted by molar-refractivity contribution is 6.02. The molecule has 0 amide bonds. The predicted octanol–water partition coefficient (Wildman–Crippen LogP) is 14.5. The Morgan fingerprint density at radius 3 is 2.34 bits per heavy atom. The first-order chi connectivity index (χ1) is 28.9. The third kappa shape index (κ3) is 7.29. The summed E-state index contributed by atoms with van der Waals surface area (Å²) >= 11 is 0. The van der Waals surface area contributed by atoms with E-state index in [4.69, 9.17) is 11.6 Å². The SMILES string of the molecule is C=C1C=CCC/C1=C(/N=C(C(C)CC)n1c2c(c3ccccc31)CC1C(=C2)C=CC(C)=C1N(C(=C)C1=CCCC=C1)c1ccccc1)C1=CCC(c2ccccc2)C=C1. The van der Waals surface area contributed by atoms with Crippen LogP contribution in [0.2, 0.25) is 0 Å². The van der Waals surface area contributed by atoms with Crippen molar-refractivity contribution in [3.05, 3.63) is 226 Å². The molecular formula is C56H55N3. The summed E-state index contributed by atoms with van der Waals surface area (Å²) in [6.07, 6.45) is 32.4. The van der Waals surface area contributed by atoms with Gasteiger partial charge in [-0.05, 0) is 121 Å². The number of anilines is 1. The second-order valence-corrected chi connectivity index (χ2v) is 16.6. The largest absolute Gasteiger partial charge is 0.313 e. The molecule has 3 heteroatoms. The molecule has 5 aliphatic carbocycles. The Morgan fingerprint density at radius 2 is 1.61 bits per heavy atom. The van der Waals surface area contributed by atoms with E-state index in [9.17, 15) is 0 Å². The molecular weight excluding hydrogens is 715 g/mol. The zero-order valence-electron chi connectivity index (χ0n) is 34.9. The number of hydrogen-bond acceptors (Lipinski definition) is 2. The van der Waals surface area contributed by atoms with Gasteiger partial charge in [-0.25, -0.2) is 4.99 Å². The number of para-hydroxylation sites is 2. The van der Waals surface area contributed by atoms with Crippen LogP contribution in [0.1, 0.15) is 82.0 Å². The van der Waals surface area contributed by atoms with Gasteiger partial charge >= 0.3 is 0 Å². The van der Waals surface area contributed by atoms with Crippen LogP contribution in [0.25, 0.3) is 17.0 Å². The molecule has 0 fully saturated rings. The van der Waals surface area contributed by atoms with E-state index in [1.807, 2.05) is 0 Å². The van der Waals surface area contributed by atoms with Gasteiger partial charge in [-0.2, -0.15) is 0 Å². The summed E-state index contributed by atoms with van der Waals surface area (Å²) in [6, 6.07) is 30.7. The van der Waals surface area contributed by atoms with Crippen LogP contribution in [0.15, 0.2) is 214 Å². The summed E-state index contributed by atoms with van der Waals surface area (Å²) < 4.78 is 2.51. The lowest BCUT2D eigenvalue weighted by molar-refractivity contribution is 0.677. The first kappa shape index (κ1) is 38.3. The fourth-order valence-electron chi connectivity index (χ4n) is 9.54. The second-order valence-electron chi connectivity index (χ2n) is 16.6.